The molecule has 0 saturated heterocycles. The molecule has 20 heavy (non-hydrogen) atoms. The van der Waals surface area contributed by atoms with Crippen molar-refractivity contribution < 1.29 is 14.4 Å². The van der Waals surface area contributed by atoms with E-state index >= 15 is 0 Å². The molecule has 2 rings (SSSR count). The van der Waals surface area contributed by atoms with Gasteiger partial charge in [0.05, 0.1) is 5.56 Å². The Bertz CT molecular complexity index is 560. The molecule has 0 saturated carbocycles. The highest BCUT2D eigenvalue weighted by atomic mass is 16.5. The fraction of sp³-hybridized carbons (Fsp3) is 0.467. The van der Waals surface area contributed by atoms with Crippen molar-refractivity contribution >= 4 is 0 Å². The van der Waals surface area contributed by atoms with Crippen molar-refractivity contribution in [3.63, 3.8) is 0 Å². The van der Waals surface area contributed by atoms with E-state index in [4.69, 9.17) is 9.26 Å². The molecule has 1 unspecified atom stereocenters. The number of aromatic hydroxyl groups is 1. The van der Waals surface area contributed by atoms with E-state index in [1.165, 1.54) is 0 Å². The van der Waals surface area contributed by atoms with Crippen molar-refractivity contribution in [1.29, 1.82) is 0 Å². The third-order valence-electron chi connectivity index (χ3n) is 3.12. The number of ether oxygens (including phenoxy) is 1. The van der Waals surface area contributed by atoms with E-state index in [0.717, 1.165) is 18.4 Å². The average molecular weight is 276 g/mol. The van der Waals surface area contributed by atoms with Gasteiger partial charge in [0.25, 0.3) is 5.89 Å². The summed E-state index contributed by atoms with van der Waals surface area (Å²) >= 11 is 0. The number of phenols is 1. The van der Waals surface area contributed by atoms with Crippen molar-refractivity contribution in [3.8, 4) is 17.2 Å². The number of benzene rings is 1. The lowest BCUT2D eigenvalue weighted by Gasteiger charge is -2.11. The standard InChI is InChI=1S/C15H20N2O3/c1-4-7-12(19-5-2)14-16-15(20-17-14)11-9-6-8-10(3)13(11)18/h6,8-9,12,18H,4-5,7H2,1-3H3. The summed E-state index contributed by atoms with van der Waals surface area (Å²) in [5.74, 6) is 1.03. The van der Waals surface area contributed by atoms with Crippen LogP contribution in [0.1, 0.15) is 44.2 Å². The summed E-state index contributed by atoms with van der Waals surface area (Å²) in [6.45, 7) is 6.45. The van der Waals surface area contributed by atoms with Gasteiger partial charge in [0, 0.05) is 6.61 Å². The maximum Gasteiger partial charge on any atom is 0.261 e. The molecule has 108 valence electrons. The van der Waals surface area contributed by atoms with Crippen LogP contribution in [-0.2, 0) is 4.74 Å². The van der Waals surface area contributed by atoms with Crippen LogP contribution >= 0.6 is 0 Å². The molecule has 0 bridgehead atoms. The van der Waals surface area contributed by atoms with Gasteiger partial charge in [-0.25, -0.2) is 0 Å². The third-order valence-corrected chi connectivity index (χ3v) is 3.12. The van der Waals surface area contributed by atoms with Gasteiger partial charge in [0.2, 0.25) is 5.82 Å². The van der Waals surface area contributed by atoms with E-state index in [-0.39, 0.29) is 11.9 Å². The van der Waals surface area contributed by atoms with E-state index in [1.54, 1.807) is 6.07 Å². The lowest BCUT2D eigenvalue weighted by atomic mass is 10.1. The molecule has 0 amide bonds. The first-order valence-electron chi connectivity index (χ1n) is 6.91. The maximum atomic E-state index is 10.0. The zero-order valence-corrected chi connectivity index (χ0v) is 12.1. The lowest BCUT2D eigenvalue weighted by Crippen LogP contribution is -2.05. The minimum atomic E-state index is -0.158. The summed E-state index contributed by atoms with van der Waals surface area (Å²) < 4.78 is 10.9. The third kappa shape index (κ3) is 2.99. The summed E-state index contributed by atoms with van der Waals surface area (Å²) in [4.78, 5) is 4.36. The average Bonchev–Trinajstić information content (AvgIpc) is 2.91. The predicted molar refractivity (Wildman–Crippen MR) is 75.4 cm³/mol. The minimum Gasteiger partial charge on any atom is -0.507 e. The van der Waals surface area contributed by atoms with Crippen molar-refractivity contribution in [2.24, 2.45) is 0 Å². The van der Waals surface area contributed by atoms with Crippen LogP contribution in [0.3, 0.4) is 0 Å². The Hall–Kier alpha value is -1.88. The van der Waals surface area contributed by atoms with Gasteiger partial charge in [-0.1, -0.05) is 30.6 Å². The van der Waals surface area contributed by atoms with Gasteiger partial charge in [0.15, 0.2) is 0 Å². The number of hydrogen-bond acceptors (Lipinski definition) is 5. The van der Waals surface area contributed by atoms with Gasteiger partial charge in [-0.05, 0) is 31.9 Å². The van der Waals surface area contributed by atoms with Crippen LogP contribution in [0, 0.1) is 6.92 Å². The second-order valence-corrected chi connectivity index (χ2v) is 4.66. The van der Waals surface area contributed by atoms with Crippen molar-refractivity contribution in [2.45, 2.75) is 39.7 Å². The fourth-order valence-electron chi connectivity index (χ4n) is 2.06. The largest absolute Gasteiger partial charge is 0.507 e. The van der Waals surface area contributed by atoms with Crippen LogP contribution in [0.2, 0.25) is 0 Å². The summed E-state index contributed by atoms with van der Waals surface area (Å²) in [5, 5.41) is 14.0. The quantitative estimate of drug-likeness (QED) is 0.872. The van der Waals surface area contributed by atoms with Crippen LogP contribution in [0.4, 0.5) is 0 Å². The Kier molecular flexibility index (Phi) is 4.74. The molecule has 0 fully saturated rings. The molecule has 0 spiro atoms. The van der Waals surface area contributed by atoms with Crippen molar-refractivity contribution in [3.05, 3.63) is 29.6 Å². The molecule has 1 aromatic heterocycles. The molecule has 1 N–H and O–H groups in total. The zero-order valence-electron chi connectivity index (χ0n) is 12.1. The Balaban J connectivity index is 2.30. The van der Waals surface area contributed by atoms with Crippen LogP contribution in [0.15, 0.2) is 22.7 Å². The second-order valence-electron chi connectivity index (χ2n) is 4.66. The van der Waals surface area contributed by atoms with Gasteiger partial charge in [-0.15, -0.1) is 0 Å². The van der Waals surface area contributed by atoms with E-state index in [9.17, 15) is 5.11 Å². The fourth-order valence-corrected chi connectivity index (χ4v) is 2.06. The molecule has 5 nitrogen and oxygen atoms in total. The Morgan fingerprint density at radius 3 is 2.85 bits per heavy atom. The highest BCUT2D eigenvalue weighted by Crippen LogP contribution is 2.31. The molecule has 0 aliphatic carbocycles. The minimum absolute atomic E-state index is 0.158. The van der Waals surface area contributed by atoms with E-state index < -0.39 is 0 Å². The van der Waals surface area contributed by atoms with Crippen LogP contribution < -0.4 is 0 Å². The number of aromatic nitrogens is 2. The molecule has 1 heterocycles. The predicted octanol–water partition coefficient (Wildman–Crippen LogP) is 3.63. The van der Waals surface area contributed by atoms with Crippen molar-refractivity contribution in [2.75, 3.05) is 6.61 Å². The first-order chi connectivity index (χ1) is 9.67. The first kappa shape index (κ1) is 14.5. The Labute approximate surface area is 118 Å². The van der Waals surface area contributed by atoms with Crippen molar-refractivity contribution in [1.82, 2.24) is 10.1 Å². The zero-order chi connectivity index (χ0) is 14.5. The van der Waals surface area contributed by atoms with Gasteiger partial charge < -0.3 is 14.4 Å². The Morgan fingerprint density at radius 2 is 2.15 bits per heavy atom. The SMILES string of the molecule is CCCC(OCC)c1noc(-c2cccc(C)c2O)n1. The molecule has 0 aliphatic rings. The van der Waals surface area contributed by atoms with Crippen LogP contribution in [0.25, 0.3) is 11.5 Å². The lowest BCUT2D eigenvalue weighted by molar-refractivity contribution is 0.0478. The molecule has 1 atom stereocenters. The topological polar surface area (TPSA) is 68.4 Å². The number of phenolic OH excluding ortho intramolecular Hbond substituents is 1. The number of nitrogens with zero attached hydrogens (tertiary/aromatic N) is 2. The monoisotopic (exact) mass is 276 g/mol. The molecule has 0 aliphatic heterocycles. The normalized spacial score (nSPS) is 12.6. The molecular formula is C15H20N2O3. The molecule has 1 aromatic carbocycles. The van der Waals surface area contributed by atoms with E-state index in [2.05, 4.69) is 17.1 Å². The molecule has 5 heteroatoms. The number of hydrogen-bond donors (Lipinski definition) is 1. The molecular weight excluding hydrogens is 256 g/mol. The van der Waals surface area contributed by atoms with E-state index in [1.807, 2.05) is 26.0 Å². The highest BCUT2D eigenvalue weighted by Gasteiger charge is 2.20. The molecule has 0 radical (unpaired) electrons. The number of rotatable bonds is 6. The second kappa shape index (κ2) is 6.52. The smallest absolute Gasteiger partial charge is 0.261 e. The van der Waals surface area contributed by atoms with Crippen LogP contribution in [-0.4, -0.2) is 21.9 Å². The number of aryl methyl sites for hydroxylation is 1. The van der Waals surface area contributed by atoms with Gasteiger partial charge in [0.1, 0.15) is 11.9 Å². The maximum absolute atomic E-state index is 10.0. The van der Waals surface area contributed by atoms with Crippen LogP contribution in [0.5, 0.6) is 5.75 Å². The summed E-state index contributed by atoms with van der Waals surface area (Å²) in [7, 11) is 0. The number of para-hydroxylation sites is 1. The summed E-state index contributed by atoms with van der Waals surface area (Å²) in [6.07, 6.45) is 1.66. The van der Waals surface area contributed by atoms with Gasteiger partial charge in [-0.3, -0.25) is 0 Å². The highest BCUT2D eigenvalue weighted by molar-refractivity contribution is 5.64. The summed E-state index contributed by atoms with van der Waals surface area (Å²) in [5.41, 5.74) is 1.33. The molecule has 2 aromatic rings. The van der Waals surface area contributed by atoms with Gasteiger partial charge >= 0.3 is 0 Å². The summed E-state index contributed by atoms with van der Waals surface area (Å²) in [6, 6.07) is 5.44. The van der Waals surface area contributed by atoms with Gasteiger partial charge in [-0.2, -0.15) is 4.98 Å². The Morgan fingerprint density at radius 1 is 1.35 bits per heavy atom. The first-order valence-corrected chi connectivity index (χ1v) is 6.91. The van der Waals surface area contributed by atoms with E-state index in [0.29, 0.717) is 23.9 Å².